The lowest BCUT2D eigenvalue weighted by atomic mass is 9.93. The number of amides is 3. The van der Waals surface area contributed by atoms with Crippen LogP contribution in [0.2, 0.25) is 0 Å². The van der Waals surface area contributed by atoms with Crippen molar-refractivity contribution in [3.05, 3.63) is 71.9 Å². The summed E-state index contributed by atoms with van der Waals surface area (Å²) in [7, 11) is 0. The summed E-state index contributed by atoms with van der Waals surface area (Å²) in [5.41, 5.74) is 10.5. The van der Waals surface area contributed by atoms with E-state index < -0.39 is 0 Å². The molecule has 0 radical (unpaired) electrons. The predicted molar refractivity (Wildman–Crippen MR) is 166 cm³/mol. The van der Waals surface area contributed by atoms with Crippen LogP contribution in [0.25, 0.3) is 16.8 Å². The van der Waals surface area contributed by atoms with E-state index in [0.29, 0.717) is 29.7 Å². The molecule has 10 heteroatoms. The van der Waals surface area contributed by atoms with Crippen molar-refractivity contribution in [2.75, 3.05) is 30.7 Å². The van der Waals surface area contributed by atoms with Gasteiger partial charge in [0.2, 0.25) is 0 Å². The second-order valence-corrected chi connectivity index (χ2v) is 12.2. The van der Waals surface area contributed by atoms with Crippen LogP contribution in [-0.4, -0.2) is 66.8 Å². The molecular formula is C33H38N8O2. The molecule has 0 bridgehead atoms. The number of carbonyl (C=O) groups is 2. The predicted octanol–water partition coefficient (Wildman–Crippen LogP) is 5.68. The maximum atomic E-state index is 13.5. The van der Waals surface area contributed by atoms with Gasteiger partial charge in [-0.15, -0.1) is 0 Å². The van der Waals surface area contributed by atoms with Gasteiger partial charge in [-0.3, -0.25) is 9.20 Å². The summed E-state index contributed by atoms with van der Waals surface area (Å²) in [5, 5.41) is 2.93. The lowest BCUT2D eigenvalue weighted by Gasteiger charge is -2.41. The molecule has 7 rings (SSSR count). The number of piperidine rings is 2. The van der Waals surface area contributed by atoms with Crippen LogP contribution in [0.15, 0.2) is 55.0 Å². The number of nitrogens with zero attached hydrogens (tertiary/aromatic N) is 6. The minimum atomic E-state index is -0.210. The van der Waals surface area contributed by atoms with Crippen molar-refractivity contribution in [1.82, 2.24) is 29.2 Å². The molecule has 2 saturated heterocycles. The molecule has 3 amide bonds. The first kappa shape index (κ1) is 27.4. The number of imidazole rings is 1. The number of nitrogen functional groups attached to an aromatic ring is 1. The van der Waals surface area contributed by atoms with Gasteiger partial charge in [0.1, 0.15) is 28.7 Å². The molecule has 2 atom stereocenters. The molecule has 4 aromatic rings. The molecule has 0 unspecified atom stereocenters. The minimum absolute atomic E-state index is 0.0666. The number of hydrogen-bond donors (Lipinski definition) is 2. The normalized spacial score (nSPS) is 20.8. The number of nitrogens with two attached hydrogens (primary N) is 1. The molecule has 1 saturated carbocycles. The molecule has 2 aliphatic heterocycles. The molecule has 222 valence electrons. The highest BCUT2D eigenvalue weighted by Crippen LogP contribution is 2.40. The molecule has 3 fully saturated rings. The summed E-state index contributed by atoms with van der Waals surface area (Å²) < 4.78 is 2.03. The van der Waals surface area contributed by atoms with E-state index >= 15 is 0 Å². The Morgan fingerprint density at radius 2 is 1.70 bits per heavy atom. The number of carbonyl (C=O) groups excluding carboxylic acids is 2. The Bertz CT molecular complexity index is 1660. The number of benzene rings is 1. The summed E-state index contributed by atoms with van der Waals surface area (Å²) in [4.78, 5) is 44.4. The van der Waals surface area contributed by atoms with E-state index in [1.165, 1.54) is 24.8 Å². The van der Waals surface area contributed by atoms with Crippen LogP contribution in [0.5, 0.6) is 0 Å². The monoisotopic (exact) mass is 578 g/mol. The van der Waals surface area contributed by atoms with Gasteiger partial charge in [0, 0.05) is 61.3 Å². The molecule has 10 nitrogen and oxygen atoms in total. The molecule has 1 aromatic carbocycles. The van der Waals surface area contributed by atoms with Crippen molar-refractivity contribution >= 4 is 29.1 Å². The van der Waals surface area contributed by atoms with Crippen LogP contribution in [0.3, 0.4) is 0 Å². The number of pyridine rings is 1. The van der Waals surface area contributed by atoms with Crippen molar-refractivity contribution < 1.29 is 9.59 Å². The molecule has 1 aliphatic carbocycles. The van der Waals surface area contributed by atoms with Gasteiger partial charge in [-0.1, -0.05) is 12.1 Å². The van der Waals surface area contributed by atoms with Crippen molar-refractivity contribution in [3.8, 4) is 11.3 Å². The maximum Gasteiger partial charge on any atom is 0.320 e. The second kappa shape index (κ2) is 11.3. The van der Waals surface area contributed by atoms with Gasteiger partial charge >= 0.3 is 6.03 Å². The van der Waals surface area contributed by atoms with E-state index in [-0.39, 0.29) is 23.9 Å². The van der Waals surface area contributed by atoms with Crippen LogP contribution in [0.4, 0.5) is 16.4 Å². The van der Waals surface area contributed by atoms with Gasteiger partial charge in [-0.2, -0.15) is 0 Å². The van der Waals surface area contributed by atoms with E-state index in [4.69, 9.17) is 10.7 Å². The molecule has 3 aliphatic rings. The topological polar surface area (TPSA) is 122 Å². The average molecular weight is 579 g/mol. The van der Waals surface area contributed by atoms with Crippen LogP contribution >= 0.6 is 0 Å². The van der Waals surface area contributed by atoms with Crippen LogP contribution in [0, 0.1) is 0 Å². The fourth-order valence-electron chi connectivity index (χ4n) is 6.58. The Kier molecular flexibility index (Phi) is 7.20. The third-order valence-corrected chi connectivity index (χ3v) is 9.22. The largest absolute Gasteiger partial charge is 0.382 e. The zero-order valence-corrected chi connectivity index (χ0v) is 24.6. The van der Waals surface area contributed by atoms with E-state index in [1.54, 1.807) is 24.5 Å². The van der Waals surface area contributed by atoms with E-state index in [9.17, 15) is 9.59 Å². The number of aromatic nitrogens is 4. The van der Waals surface area contributed by atoms with Gasteiger partial charge in [0.05, 0.1) is 0 Å². The first-order valence-corrected chi connectivity index (χ1v) is 15.5. The number of anilines is 2. The van der Waals surface area contributed by atoms with Crippen molar-refractivity contribution in [2.24, 2.45) is 0 Å². The zero-order chi connectivity index (χ0) is 29.5. The molecule has 43 heavy (non-hydrogen) atoms. The van der Waals surface area contributed by atoms with E-state index in [0.717, 1.165) is 61.4 Å². The summed E-state index contributed by atoms with van der Waals surface area (Å²) in [6.07, 6.45) is 12.9. The number of rotatable bonds is 5. The van der Waals surface area contributed by atoms with E-state index in [1.807, 2.05) is 44.7 Å². The SMILES string of the molecule is C[C@H]1CC[C@@H](c2nc(-c3ccc(C(=O)Nc4cc(C5CC5)ccn4)cc3)c3c(N)nccn23)CN1C(=O)N1CCCCC1. The van der Waals surface area contributed by atoms with Gasteiger partial charge in [-0.25, -0.2) is 19.7 Å². The van der Waals surface area contributed by atoms with E-state index in [2.05, 4.69) is 22.2 Å². The summed E-state index contributed by atoms with van der Waals surface area (Å²) in [6.45, 7) is 4.44. The first-order valence-electron chi connectivity index (χ1n) is 15.5. The van der Waals surface area contributed by atoms with Crippen LogP contribution in [0.1, 0.15) is 85.5 Å². The lowest BCUT2D eigenvalue weighted by molar-refractivity contribution is 0.102. The fraction of sp³-hybridized carbons (Fsp3) is 0.424. The number of hydrogen-bond acceptors (Lipinski definition) is 6. The Balaban J connectivity index is 1.14. The first-order chi connectivity index (χ1) is 21.0. The van der Waals surface area contributed by atoms with Crippen LogP contribution in [-0.2, 0) is 0 Å². The van der Waals surface area contributed by atoms with Gasteiger partial charge in [0.15, 0.2) is 0 Å². The highest BCUT2D eigenvalue weighted by molar-refractivity contribution is 6.04. The minimum Gasteiger partial charge on any atom is -0.382 e. The molecule has 5 heterocycles. The molecule has 0 spiro atoms. The standard InChI is InChI=1S/C33H38N8O2/c1-21-5-6-26(20-41(21)33(43)39-16-3-2-4-17-39)31-38-28(29-30(34)36-15-18-40(29)31)23-9-11-24(12-10-23)32(42)37-27-19-25(13-14-35-27)22-7-8-22/h9-15,18-19,21-22,26H,2-8,16-17,20H2,1H3,(H2,34,36)(H,35,37,42)/t21-,26+/m0/s1. The smallest absolute Gasteiger partial charge is 0.320 e. The summed E-state index contributed by atoms with van der Waals surface area (Å²) >= 11 is 0. The quantitative estimate of drug-likeness (QED) is 0.314. The van der Waals surface area contributed by atoms with Crippen molar-refractivity contribution in [2.45, 2.75) is 69.7 Å². The van der Waals surface area contributed by atoms with Gasteiger partial charge in [0.25, 0.3) is 5.91 Å². The Morgan fingerprint density at radius 3 is 2.47 bits per heavy atom. The van der Waals surface area contributed by atoms with Gasteiger partial charge in [-0.05, 0) is 87.6 Å². The molecule has 3 aromatic heterocycles. The number of nitrogens with one attached hydrogen (secondary N) is 1. The summed E-state index contributed by atoms with van der Waals surface area (Å²) in [5.74, 6) is 2.28. The zero-order valence-electron chi connectivity index (χ0n) is 24.6. The Labute approximate surface area is 251 Å². The average Bonchev–Trinajstić information content (AvgIpc) is 3.82. The van der Waals surface area contributed by atoms with Crippen LogP contribution < -0.4 is 11.1 Å². The Morgan fingerprint density at radius 1 is 0.930 bits per heavy atom. The van der Waals surface area contributed by atoms with Crippen molar-refractivity contribution in [3.63, 3.8) is 0 Å². The highest BCUT2D eigenvalue weighted by atomic mass is 16.2. The molecular weight excluding hydrogens is 540 g/mol. The molecule has 3 N–H and O–H groups in total. The second-order valence-electron chi connectivity index (χ2n) is 12.2. The maximum absolute atomic E-state index is 13.5. The highest BCUT2D eigenvalue weighted by Gasteiger charge is 2.35. The van der Waals surface area contributed by atoms with Crippen molar-refractivity contribution in [1.29, 1.82) is 0 Å². The third kappa shape index (κ3) is 5.42. The van der Waals surface area contributed by atoms with Gasteiger partial charge < -0.3 is 20.9 Å². The fourth-order valence-corrected chi connectivity index (χ4v) is 6.58. The number of urea groups is 1. The number of fused-ring (bicyclic) bond motifs is 1. The third-order valence-electron chi connectivity index (χ3n) is 9.22. The summed E-state index contributed by atoms with van der Waals surface area (Å²) in [6, 6.07) is 11.7. The number of likely N-dealkylation sites (tertiary alicyclic amines) is 2. The lowest BCUT2D eigenvalue weighted by Crippen LogP contribution is -2.52. The Hall–Kier alpha value is -4.47.